The maximum absolute atomic E-state index is 12.2. The number of benzene rings is 2. The lowest BCUT2D eigenvalue weighted by atomic mass is 10.3. The average molecular weight is 415 g/mol. The first-order valence-corrected chi connectivity index (χ1v) is 9.19. The van der Waals surface area contributed by atoms with Gasteiger partial charge < -0.3 is 9.47 Å². The molecule has 3 rings (SSSR count). The second-order valence-corrected chi connectivity index (χ2v) is 6.26. The molecular weight excluding hydrogens is 396 g/mol. The van der Waals surface area contributed by atoms with Crippen LogP contribution in [0.4, 0.5) is 0 Å². The largest absolute Gasteiger partial charge is 0.490 e. The molecule has 0 aliphatic heterocycles. The summed E-state index contributed by atoms with van der Waals surface area (Å²) in [6.45, 7) is 2.05. The van der Waals surface area contributed by atoms with Crippen molar-refractivity contribution in [3.8, 4) is 17.2 Å². The molecule has 0 bridgehead atoms. The summed E-state index contributed by atoms with van der Waals surface area (Å²) < 4.78 is 12.4. The number of amides is 2. The van der Waals surface area contributed by atoms with Crippen LogP contribution in [0.3, 0.4) is 0 Å². The van der Waals surface area contributed by atoms with Gasteiger partial charge in [-0.05, 0) is 43.3 Å². The van der Waals surface area contributed by atoms with Gasteiger partial charge in [0.05, 0.1) is 24.1 Å². The van der Waals surface area contributed by atoms with Crippen LogP contribution in [0.5, 0.6) is 11.5 Å². The van der Waals surface area contributed by atoms with E-state index in [1.165, 1.54) is 10.9 Å². The maximum atomic E-state index is 12.2. The van der Waals surface area contributed by atoms with Crippen molar-refractivity contribution in [2.24, 2.45) is 0 Å². The van der Waals surface area contributed by atoms with Crippen molar-refractivity contribution in [2.45, 2.75) is 6.92 Å². The first-order chi connectivity index (χ1) is 14.1. The standard InChI is InChI=1S/C20H19ClN4O4/c1-2-28-17-5-3-4-6-18(17)29-13-19(26)23-24-20(27)14-11-22-25(12-14)16-9-7-15(21)8-10-16/h3-12H,2,13H2,1H3,(H,23,26)(H,24,27). The molecule has 0 fully saturated rings. The minimum Gasteiger partial charge on any atom is -0.490 e. The molecule has 0 saturated heterocycles. The minimum atomic E-state index is -0.519. The number of rotatable bonds is 7. The van der Waals surface area contributed by atoms with E-state index in [-0.39, 0.29) is 12.2 Å². The van der Waals surface area contributed by atoms with E-state index in [0.717, 1.165) is 5.69 Å². The zero-order valence-corrected chi connectivity index (χ0v) is 16.3. The minimum absolute atomic E-state index is 0.280. The molecule has 0 saturated carbocycles. The lowest BCUT2D eigenvalue weighted by Crippen LogP contribution is -2.43. The number of nitrogens with zero attached hydrogens (tertiary/aromatic N) is 2. The van der Waals surface area contributed by atoms with Gasteiger partial charge in [0.2, 0.25) is 0 Å². The molecule has 0 aliphatic rings. The molecule has 2 aromatic carbocycles. The van der Waals surface area contributed by atoms with Crippen molar-refractivity contribution < 1.29 is 19.1 Å². The molecule has 29 heavy (non-hydrogen) atoms. The van der Waals surface area contributed by atoms with E-state index in [0.29, 0.717) is 23.1 Å². The zero-order valence-electron chi connectivity index (χ0n) is 15.6. The highest BCUT2D eigenvalue weighted by molar-refractivity contribution is 6.30. The molecule has 0 spiro atoms. The fourth-order valence-corrected chi connectivity index (χ4v) is 2.52. The number of carbonyl (C=O) groups excluding carboxylic acids is 2. The number of halogens is 1. The second kappa shape index (κ2) is 9.61. The summed E-state index contributed by atoms with van der Waals surface area (Å²) in [6, 6.07) is 14.0. The molecule has 0 aliphatic carbocycles. The Balaban J connectivity index is 1.50. The normalized spacial score (nSPS) is 10.3. The number of hydrogen-bond donors (Lipinski definition) is 2. The lowest BCUT2D eigenvalue weighted by Gasteiger charge is -2.11. The van der Waals surface area contributed by atoms with Gasteiger partial charge in [-0.15, -0.1) is 0 Å². The van der Waals surface area contributed by atoms with Crippen LogP contribution in [0.2, 0.25) is 5.02 Å². The third-order valence-corrected chi connectivity index (χ3v) is 4.01. The van der Waals surface area contributed by atoms with Crippen molar-refractivity contribution in [1.29, 1.82) is 0 Å². The predicted octanol–water partition coefficient (Wildman–Crippen LogP) is 2.76. The number of carbonyl (C=O) groups is 2. The summed E-state index contributed by atoms with van der Waals surface area (Å²) in [6.07, 6.45) is 2.94. The first kappa shape index (κ1) is 20.2. The van der Waals surface area contributed by atoms with Gasteiger partial charge in [0.1, 0.15) is 0 Å². The van der Waals surface area contributed by atoms with Crippen LogP contribution in [0.15, 0.2) is 60.9 Å². The highest BCUT2D eigenvalue weighted by atomic mass is 35.5. The monoisotopic (exact) mass is 414 g/mol. The van der Waals surface area contributed by atoms with E-state index in [9.17, 15) is 9.59 Å². The number of para-hydroxylation sites is 2. The molecule has 2 N–H and O–H groups in total. The third kappa shape index (κ3) is 5.49. The third-order valence-electron chi connectivity index (χ3n) is 3.76. The van der Waals surface area contributed by atoms with Crippen molar-refractivity contribution in [3.63, 3.8) is 0 Å². The molecule has 9 heteroatoms. The van der Waals surface area contributed by atoms with E-state index < -0.39 is 11.8 Å². The van der Waals surface area contributed by atoms with Gasteiger partial charge in [-0.1, -0.05) is 23.7 Å². The number of ether oxygens (including phenoxy) is 2. The van der Waals surface area contributed by atoms with Crippen LogP contribution < -0.4 is 20.3 Å². The van der Waals surface area contributed by atoms with Gasteiger partial charge in [-0.3, -0.25) is 20.4 Å². The van der Waals surface area contributed by atoms with Crippen molar-refractivity contribution in [2.75, 3.05) is 13.2 Å². The zero-order chi connectivity index (χ0) is 20.6. The Morgan fingerprint density at radius 2 is 1.72 bits per heavy atom. The number of nitrogens with one attached hydrogen (secondary N) is 2. The van der Waals surface area contributed by atoms with Crippen LogP contribution in [-0.2, 0) is 4.79 Å². The van der Waals surface area contributed by atoms with Gasteiger partial charge >= 0.3 is 0 Å². The van der Waals surface area contributed by atoms with Crippen LogP contribution in [0.25, 0.3) is 5.69 Å². The fraction of sp³-hybridized carbons (Fsp3) is 0.150. The van der Waals surface area contributed by atoms with Gasteiger partial charge in [0.15, 0.2) is 18.1 Å². The van der Waals surface area contributed by atoms with E-state index in [4.69, 9.17) is 21.1 Å². The molecule has 1 aromatic heterocycles. The van der Waals surface area contributed by atoms with Crippen LogP contribution in [0.1, 0.15) is 17.3 Å². The van der Waals surface area contributed by atoms with E-state index in [1.54, 1.807) is 48.7 Å². The molecule has 150 valence electrons. The quantitative estimate of drug-likeness (QED) is 0.580. The summed E-state index contributed by atoms with van der Waals surface area (Å²) in [7, 11) is 0. The summed E-state index contributed by atoms with van der Waals surface area (Å²) >= 11 is 5.86. The molecule has 3 aromatic rings. The fourth-order valence-electron chi connectivity index (χ4n) is 2.40. The molecule has 8 nitrogen and oxygen atoms in total. The van der Waals surface area contributed by atoms with Gasteiger partial charge in [0.25, 0.3) is 11.8 Å². The topological polar surface area (TPSA) is 94.5 Å². The van der Waals surface area contributed by atoms with Gasteiger partial charge in [-0.2, -0.15) is 5.10 Å². The molecule has 0 radical (unpaired) electrons. The molecule has 2 amide bonds. The SMILES string of the molecule is CCOc1ccccc1OCC(=O)NNC(=O)c1cnn(-c2ccc(Cl)cc2)c1. The summed E-state index contributed by atoms with van der Waals surface area (Å²) in [4.78, 5) is 24.2. The van der Waals surface area contributed by atoms with E-state index >= 15 is 0 Å². The van der Waals surface area contributed by atoms with Crippen LogP contribution in [-0.4, -0.2) is 34.8 Å². The summed E-state index contributed by atoms with van der Waals surface area (Å²) in [5, 5.41) is 4.73. The maximum Gasteiger partial charge on any atom is 0.276 e. The van der Waals surface area contributed by atoms with Crippen LogP contribution >= 0.6 is 11.6 Å². The molecule has 0 atom stereocenters. The van der Waals surface area contributed by atoms with Crippen LogP contribution in [0, 0.1) is 0 Å². The van der Waals surface area contributed by atoms with Gasteiger partial charge in [0, 0.05) is 11.2 Å². The first-order valence-electron chi connectivity index (χ1n) is 8.81. The predicted molar refractivity (Wildman–Crippen MR) is 107 cm³/mol. The highest BCUT2D eigenvalue weighted by Crippen LogP contribution is 2.26. The molecular formula is C20H19ClN4O4. The lowest BCUT2D eigenvalue weighted by molar-refractivity contribution is -0.123. The summed E-state index contributed by atoms with van der Waals surface area (Å²) in [5.74, 6) is -0.0375. The Morgan fingerprint density at radius 3 is 2.41 bits per heavy atom. The van der Waals surface area contributed by atoms with Crippen molar-refractivity contribution in [1.82, 2.24) is 20.6 Å². The Hall–Kier alpha value is -3.52. The van der Waals surface area contributed by atoms with Gasteiger partial charge in [-0.25, -0.2) is 4.68 Å². The Kier molecular flexibility index (Phi) is 6.70. The van der Waals surface area contributed by atoms with Crippen molar-refractivity contribution in [3.05, 3.63) is 71.5 Å². The summed E-state index contributed by atoms with van der Waals surface area (Å²) in [5.41, 5.74) is 5.65. The smallest absolute Gasteiger partial charge is 0.276 e. The number of hydrogen-bond acceptors (Lipinski definition) is 5. The van der Waals surface area contributed by atoms with E-state index in [1.807, 2.05) is 13.0 Å². The number of hydrazine groups is 1. The second-order valence-electron chi connectivity index (χ2n) is 5.82. The molecule has 1 heterocycles. The Labute approximate surface area is 172 Å². The van der Waals surface area contributed by atoms with Crippen molar-refractivity contribution >= 4 is 23.4 Å². The molecule has 0 unspecified atom stereocenters. The Morgan fingerprint density at radius 1 is 1.03 bits per heavy atom. The Bertz CT molecular complexity index is 988. The van der Waals surface area contributed by atoms with E-state index in [2.05, 4.69) is 16.0 Å². The average Bonchev–Trinajstić information content (AvgIpc) is 3.22. The number of aromatic nitrogens is 2. The highest BCUT2D eigenvalue weighted by Gasteiger charge is 2.12.